The standard InChI is InChI=1S/C26H38F2N2O/c1-3-5-7-9-10-12-14-18-31-23-17-16-22(24(27)25(23)28)26-29-19-21(20-30-26)15-13-11-8-6-4-2/h16-17,19-20H,3-15,18H2,1-2H3. The zero-order valence-electron chi connectivity index (χ0n) is 19.3. The average molecular weight is 433 g/mol. The smallest absolute Gasteiger partial charge is 0.201 e. The zero-order chi connectivity index (χ0) is 22.3. The molecule has 0 atom stereocenters. The molecule has 5 heteroatoms. The molecule has 0 fully saturated rings. The van der Waals surface area contributed by atoms with Crippen molar-refractivity contribution < 1.29 is 13.5 Å². The van der Waals surface area contributed by atoms with Crippen molar-refractivity contribution in [2.45, 2.75) is 97.3 Å². The van der Waals surface area contributed by atoms with E-state index in [1.54, 1.807) is 12.4 Å². The lowest BCUT2D eigenvalue weighted by Crippen LogP contribution is -2.03. The van der Waals surface area contributed by atoms with E-state index < -0.39 is 11.6 Å². The molecule has 0 unspecified atom stereocenters. The molecule has 2 rings (SSSR count). The van der Waals surface area contributed by atoms with Gasteiger partial charge in [0.1, 0.15) is 0 Å². The third-order valence-corrected chi connectivity index (χ3v) is 5.57. The minimum absolute atomic E-state index is 0.0454. The van der Waals surface area contributed by atoms with Crippen LogP contribution in [0.1, 0.15) is 96.5 Å². The Morgan fingerprint density at radius 2 is 1.29 bits per heavy atom. The maximum atomic E-state index is 14.6. The molecule has 0 amide bonds. The van der Waals surface area contributed by atoms with Gasteiger partial charge in [-0.2, -0.15) is 4.39 Å². The van der Waals surface area contributed by atoms with Crippen LogP contribution in [0.4, 0.5) is 8.78 Å². The number of hydrogen-bond acceptors (Lipinski definition) is 3. The van der Waals surface area contributed by atoms with Crippen molar-refractivity contribution in [1.29, 1.82) is 0 Å². The highest BCUT2D eigenvalue weighted by atomic mass is 19.2. The van der Waals surface area contributed by atoms with Crippen molar-refractivity contribution in [3.05, 3.63) is 41.7 Å². The number of hydrogen-bond donors (Lipinski definition) is 0. The Bertz CT molecular complexity index is 750. The third kappa shape index (κ3) is 8.92. The maximum absolute atomic E-state index is 14.6. The van der Waals surface area contributed by atoms with Gasteiger partial charge in [0, 0.05) is 12.4 Å². The molecule has 1 aromatic heterocycles. The van der Waals surface area contributed by atoms with Crippen LogP contribution in [0.2, 0.25) is 0 Å². The molecule has 0 aliphatic rings. The normalized spacial score (nSPS) is 11.1. The second-order valence-corrected chi connectivity index (χ2v) is 8.29. The second kappa shape index (κ2) is 14.9. The van der Waals surface area contributed by atoms with E-state index in [-0.39, 0.29) is 17.1 Å². The molecule has 31 heavy (non-hydrogen) atoms. The van der Waals surface area contributed by atoms with E-state index in [1.807, 2.05) is 0 Å². The molecule has 172 valence electrons. The summed E-state index contributed by atoms with van der Waals surface area (Å²) in [7, 11) is 0. The summed E-state index contributed by atoms with van der Waals surface area (Å²) in [5.74, 6) is -1.77. The molecule has 2 aromatic rings. The van der Waals surface area contributed by atoms with E-state index in [1.165, 1.54) is 63.5 Å². The summed E-state index contributed by atoms with van der Waals surface area (Å²) in [4.78, 5) is 8.51. The number of ether oxygens (including phenoxy) is 1. The Morgan fingerprint density at radius 1 is 0.710 bits per heavy atom. The lowest BCUT2D eigenvalue weighted by Gasteiger charge is -2.10. The van der Waals surface area contributed by atoms with Crippen LogP contribution in [0.5, 0.6) is 5.75 Å². The first kappa shape index (κ1) is 25.2. The van der Waals surface area contributed by atoms with Gasteiger partial charge in [-0.3, -0.25) is 0 Å². The predicted octanol–water partition coefficient (Wildman–Crippen LogP) is 8.06. The number of aryl methyl sites for hydroxylation is 1. The van der Waals surface area contributed by atoms with E-state index in [0.717, 1.165) is 37.7 Å². The van der Waals surface area contributed by atoms with Crippen LogP contribution in [0.15, 0.2) is 24.5 Å². The quantitative estimate of drug-likeness (QED) is 0.252. The predicted molar refractivity (Wildman–Crippen MR) is 123 cm³/mol. The molecule has 0 bridgehead atoms. The second-order valence-electron chi connectivity index (χ2n) is 8.29. The van der Waals surface area contributed by atoms with Gasteiger partial charge in [0.05, 0.1) is 12.2 Å². The molecule has 0 radical (unpaired) electrons. The number of aromatic nitrogens is 2. The number of halogens is 2. The summed E-state index contributed by atoms with van der Waals surface area (Å²) in [6.07, 6.45) is 18.4. The van der Waals surface area contributed by atoms with Crippen molar-refractivity contribution >= 4 is 0 Å². The molecular weight excluding hydrogens is 394 g/mol. The van der Waals surface area contributed by atoms with Crippen molar-refractivity contribution in [3.63, 3.8) is 0 Å². The average Bonchev–Trinajstić information content (AvgIpc) is 2.79. The number of rotatable bonds is 16. The molecule has 0 N–H and O–H groups in total. The van der Waals surface area contributed by atoms with Gasteiger partial charge in [0.2, 0.25) is 5.82 Å². The van der Waals surface area contributed by atoms with Gasteiger partial charge in [-0.25, -0.2) is 14.4 Å². The van der Waals surface area contributed by atoms with Crippen LogP contribution in [0.25, 0.3) is 11.4 Å². The van der Waals surface area contributed by atoms with Crippen LogP contribution in [0, 0.1) is 11.6 Å². The lowest BCUT2D eigenvalue weighted by molar-refractivity contribution is 0.285. The Balaban J connectivity index is 1.83. The summed E-state index contributed by atoms with van der Waals surface area (Å²) in [5, 5.41) is 0. The highest BCUT2D eigenvalue weighted by molar-refractivity contribution is 5.57. The van der Waals surface area contributed by atoms with Crippen LogP contribution < -0.4 is 4.74 Å². The summed E-state index contributed by atoms with van der Waals surface area (Å²) in [5.41, 5.74) is 1.09. The van der Waals surface area contributed by atoms with Crippen molar-refractivity contribution in [2.24, 2.45) is 0 Å². The largest absolute Gasteiger partial charge is 0.490 e. The fourth-order valence-corrected chi connectivity index (χ4v) is 3.61. The monoisotopic (exact) mass is 432 g/mol. The summed E-state index contributed by atoms with van der Waals surface area (Å²) < 4.78 is 34.5. The molecule has 0 aliphatic carbocycles. The minimum atomic E-state index is -0.968. The van der Waals surface area contributed by atoms with E-state index >= 15 is 0 Å². The summed E-state index contributed by atoms with van der Waals surface area (Å²) in [6.45, 7) is 4.79. The van der Waals surface area contributed by atoms with Crippen molar-refractivity contribution in [1.82, 2.24) is 9.97 Å². The molecule has 0 aliphatic heterocycles. The third-order valence-electron chi connectivity index (χ3n) is 5.57. The number of benzene rings is 1. The molecule has 1 aromatic carbocycles. The number of nitrogens with zero attached hydrogens (tertiary/aromatic N) is 2. The number of unbranched alkanes of at least 4 members (excludes halogenated alkanes) is 10. The first-order chi connectivity index (χ1) is 15.2. The Morgan fingerprint density at radius 3 is 1.94 bits per heavy atom. The van der Waals surface area contributed by atoms with E-state index in [0.29, 0.717) is 6.61 Å². The fraction of sp³-hybridized carbons (Fsp3) is 0.615. The zero-order valence-corrected chi connectivity index (χ0v) is 19.3. The van der Waals surface area contributed by atoms with Gasteiger partial charge in [-0.05, 0) is 37.0 Å². The molecule has 0 saturated heterocycles. The van der Waals surface area contributed by atoms with Crippen LogP contribution in [0.3, 0.4) is 0 Å². The Kier molecular flexibility index (Phi) is 12.1. The lowest BCUT2D eigenvalue weighted by atomic mass is 10.1. The van der Waals surface area contributed by atoms with Gasteiger partial charge >= 0.3 is 0 Å². The molecular formula is C26H38F2N2O. The Labute approximate surface area is 186 Å². The maximum Gasteiger partial charge on any atom is 0.201 e. The first-order valence-electron chi connectivity index (χ1n) is 12.1. The first-order valence-corrected chi connectivity index (χ1v) is 12.1. The molecule has 1 heterocycles. The van der Waals surface area contributed by atoms with Crippen LogP contribution in [-0.4, -0.2) is 16.6 Å². The fourth-order valence-electron chi connectivity index (χ4n) is 3.61. The van der Waals surface area contributed by atoms with E-state index in [2.05, 4.69) is 23.8 Å². The van der Waals surface area contributed by atoms with Crippen LogP contribution in [-0.2, 0) is 6.42 Å². The minimum Gasteiger partial charge on any atom is -0.490 e. The summed E-state index contributed by atoms with van der Waals surface area (Å²) >= 11 is 0. The highest BCUT2D eigenvalue weighted by Gasteiger charge is 2.17. The van der Waals surface area contributed by atoms with Gasteiger partial charge < -0.3 is 4.74 Å². The Hall–Kier alpha value is -2.04. The van der Waals surface area contributed by atoms with Gasteiger partial charge in [0.15, 0.2) is 17.4 Å². The van der Waals surface area contributed by atoms with E-state index in [9.17, 15) is 8.78 Å². The molecule has 3 nitrogen and oxygen atoms in total. The SMILES string of the molecule is CCCCCCCCCOc1ccc(-c2ncc(CCCCCCC)cn2)c(F)c1F. The summed E-state index contributed by atoms with van der Waals surface area (Å²) in [6, 6.07) is 2.97. The van der Waals surface area contributed by atoms with Gasteiger partial charge in [-0.1, -0.05) is 78.1 Å². The van der Waals surface area contributed by atoms with Crippen LogP contribution >= 0.6 is 0 Å². The molecule has 0 saturated carbocycles. The van der Waals surface area contributed by atoms with Gasteiger partial charge in [-0.15, -0.1) is 0 Å². The highest BCUT2D eigenvalue weighted by Crippen LogP contribution is 2.28. The van der Waals surface area contributed by atoms with E-state index in [4.69, 9.17) is 4.74 Å². The van der Waals surface area contributed by atoms with Crippen molar-refractivity contribution in [3.8, 4) is 17.1 Å². The van der Waals surface area contributed by atoms with Gasteiger partial charge in [0.25, 0.3) is 0 Å². The topological polar surface area (TPSA) is 35.0 Å². The van der Waals surface area contributed by atoms with Crippen molar-refractivity contribution in [2.75, 3.05) is 6.61 Å². The molecule has 0 spiro atoms.